The monoisotopic (exact) mass is 408 g/mol. The van der Waals surface area contributed by atoms with Crippen LogP contribution >= 0.6 is 0 Å². The number of esters is 1. The Bertz CT molecular complexity index is 889. The molecule has 0 radical (unpaired) electrons. The Morgan fingerprint density at radius 1 is 1.00 bits per heavy atom. The predicted octanol–water partition coefficient (Wildman–Crippen LogP) is 3.83. The summed E-state index contributed by atoms with van der Waals surface area (Å²) in [6.45, 7) is 2.12. The number of hydrogen-bond donors (Lipinski definition) is 0. The van der Waals surface area contributed by atoms with Gasteiger partial charge in [-0.3, -0.25) is 14.5 Å². The SMILES string of the molecule is COC(=O)C(=O)N(c1ccccc1)c1ccccc1C(=O)CCC1CCN(C)CC1. The van der Waals surface area contributed by atoms with Gasteiger partial charge in [0, 0.05) is 17.7 Å². The van der Waals surface area contributed by atoms with Crippen molar-refractivity contribution < 1.29 is 19.1 Å². The van der Waals surface area contributed by atoms with Crippen molar-refractivity contribution in [3.05, 3.63) is 60.2 Å². The van der Waals surface area contributed by atoms with Crippen LogP contribution in [0.5, 0.6) is 0 Å². The van der Waals surface area contributed by atoms with Crippen molar-refractivity contribution in [2.45, 2.75) is 25.7 Å². The van der Waals surface area contributed by atoms with E-state index < -0.39 is 11.9 Å². The van der Waals surface area contributed by atoms with E-state index >= 15 is 0 Å². The largest absolute Gasteiger partial charge is 0.462 e. The fraction of sp³-hybridized carbons (Fsp3) is 0.375. The maximum atomic E-state index is 13.1. The average molecular weight is 408 g/mol. The molecule has 1 heterocycles. The molecule has 0 spiro atoms. The van der Waals surface area contributed by atoms with Gasteiger partial charge in [0.2, 0.25) is 0 Å². The number of nitrogens with zero attached hydrogens (tertiary/aromatic N) is 2. The highest BCUT2D eigenvalue weighted by Crippen LogP contribution is 2.31. The zero-order chi connectivity index (χ0) is 21.5. The van der Waals surface area contributed by atoms with E-state index in [9.17, 15) is 14.4 Å². The maximum Gasteiger partial charge on any atom is 0.397 e. The number of rotatable bonds is 6. The first-order valence-electron chi connectivity index (χ1n) is 10.3. The third-order valence-electron chi connectivity index (χ3n) is 5.64. The van der Waals surface area contributed by atoms with E-state index in [0.717, 1.165) is 32.4 Å². The van der Waals surface area contributed by atoms with Crippen molar-refractivity contribution in [1.82, 2.24) is 4.90 Å². The number of anilines is 2. The number of para-hydroxylation sites is 2. The lowest BCUT2D eigenvalue weighted by Crippen LogP contribution is -2.34. The normalized spacial score (nSPS) is 14.9. The Hall–Kier alpha value is -2.99. The van der Waals surface area contributed by atoms with E-state index in [1.807, 2.05) is 6.07 Å². The van der Waals surface area contributed by atoms with Crippen molar-refractivity contribution in [2.24, 2.45) is 5.92 Å². The molecule has 2 aromatic carbocycles. The van der Waals surface area contributed by atoms with E-state index in [1.54, 1.807) is 48.5 Å². The summed E-state index contributed by atoms with van der Waals surface area (Å²) in [4.78, 5) is 41.5. The molecule has 1 aliphatic heterocycles. The molecule has 0 unspecified atom stereocenters. The van der Waals surface area contributed by atoms with Gasteiger partial charge in [-0.15, -0.1) is 0 Å². The average Bonchev–Trinajstić information content (AvgIpc) is 2.79. The summed E-state index contributed by atoms with van der Waals surface area (Å²) in [6, 6.07) is 15.8. The van der Waals surface area contributed by atoms with E-state index in [0.29, 0.717) is 29.3 Å². The van der Waals surface area contributed by atoms with Gasteiger partial charge in [-0.25, -0.2) is 4.79 Å². The minimum Gasteiger partial charge on any atom is -0.462 e. The minimum absolute atomic E-state index is 0.0249. The number of carbonyl (C=O) groups is 3. The Labute approximate surface area is 177 Å². The van der Waals surface area contributed by atoms with E-state index in [2.05, 4.69) is 16.7 Å². The van der Waals surface area contributed by atoms with Gasteiger partial charge in [-0.1, -0.05) is 30.3 Å². The molecule has 1 amide bonds. The summed E-state index contributed by atoms with van der Waals surface area (Å²) in [5, 5.41) is 0. The topological polar surface area (TPSA) is 66.9 Å². The minimum atomic E-state index is -0.979. The molecular weight excluding hydrogens is 380 g/mol. The number of ether oxygens (including phenoxy) is 1. The van der Waals surface area contributed by atoms with Crippen molar-refractivity contribution in [3.63, 3.8) is 0 Å². The van der Waals surface area contributed by atoms with Crippen molar-refractivity contribution in [2.75, 3.05) is 32.1 Å². The molecule has 0 atom stereocenters. The zero-order valence-corrected chi connectivity index (χ0v) is 17.5. The van der Waals surface area contributed by atoms with Crippen molar-refractivity contribution in [3.8, 4) is 0 Å². The first kappa shape index (κ1) is 21.7. The van der Waals surface area contributed by atoms with Gasteiger partial charge in [0.1, 0.15) is 0 Å². The molecule has 2 aromatic rings. The number of Topliss-reactive ketones (excluding diaryl/α,β-unsaturated/α-hetero) is 1. The second-order valence-corrected chi connectivity index (χ2v) is 7.69. The van der Waals surface area contributed by atoms with Crippen LogP contribution in [-0.2, 0) is 14.3 Å². The van der Waals surface area contributed by atoms with Crippen LogP contribution in [0.2, 0.25) is 0 Å². The van der Waals surface area contributed by atoms with Gasteiger partial charge in [0.15, 0.2) is 5.78 Å². The van der Waals surface area contributed by atoms with Gasteiger partial charge in [-0.2, -0.15) is 0 Å². The van der Waals surface area contributed by atoms with E-state index in [-0.39, 0.29) is 5.78 Å². The molecule has 1 fully saturated rings. The van der Waals surface area contributed by atoms with Crippen LogP contribution in [0.25, 0.3) is 0 Å². The first-order chi connectivity index (χ1) is 14.5. The standard InChI is InChI=1S/C24H28N2O4/c1-25-16-14-18(15-17-25)12-13-22(27)20-10-6-7-11-21(20)26(23(28)24(29)30-2)19-8-4-3-5-9-19/h3-11,18H,12-17H2,1-2H3. The highest BCUT2D eigenvalue weighted by atomic mass is 16.5. The maximum absolute atomic E-state index is 13.1. The van der Waals surface area contributed by atoms with Crippen LogP contribution < -0.4 is 4.90 Å². The Balaban J connectivity index is 1.86. The predicted molar refractivity (Wildman–Crippen MR) is 116 cm³/mol. The lowest BCUT2D eigenvalue weighted by Gasteiger charge is -2.29. The number of amides is 1. The Morgan fingerprint density at radius 3 is 2.30 bits per heavy atom. The third kappa shape index (κ3) is 5.13. The summed E-state index contributed by atoms with van der Waals surface area (Å²) in [6.07, 6.45) is 3.45. The van der Waals surface area contributed by atoms with Gasteiger partial charge >= 0.3 is 11.9 Å². The summed E-state index contributed by atoms with van der Waals surface area (Å²) >= 11 is 0. The zero-order valence-electron chi connectivity index (χ0n) is 17.5. The Morgan fingerprint density at radius 2 is 1.63 bits per heavy atom. The first-order valence-corrected chi connectivity index (χ1v) is 10.3. The van der Waals surface area contributed by atoms with Crippen LogP contribution in [0.1, 0.15) is 36.0 Å². The summed E-state index contributed by atoms with van der Waals surface area (Å²) in [5.74, 6) is -1.30. The van der Waals surface area contributed by atoms with Crippen LogP contribution in [0.3, 0.4) is 0 Å². The van der Waals surface area contributed by atoms with Gasteiger partial charge in [0.05, 0.1) is 12.8 Å². The van der Waals surface area contributed by atoms with Gasteiger partial charge in [0.25, 0.3) is 0 Å². The molecule has 1 saturated heterocycles. The molecule has 30 heavy (non-hydrogen) atoms. The second kappa shape index (κ2) is 10.2. The molecule has 0 bridgehead atoms. The summed E-state index contributed by atoms with van der Waals surface area (Å²) in [7, 11) is 3.29. The molecule has 0 aliphatic carbocycles. The number of likely N-dealkylation sites (tertiary alicyclic amines) is 1. The molecule has 6 heteroatoms. The van der Waals surface area contributed by atoms with Gasteiger partial charge < -0.3 is 9.64 Å². The molecular formula is C24H28N2O4. The third-order valence-corrected chi connectivity index (χ3v) is 5.64. The Kier molecular flexibility index (Phi) is 7.36. The highest BCUT2D eigenvalue weighted by molar-refractivity contribution is 6.40. The molecule has 1 aliphatic rings. The van der Waals surface area contributed by atoms with E-state index in [1.165, 1.54) is 12.0 Å². The van der Waals surface area contributed by atoms with Crippen LogP contribution in [0, 0.1) is 5.92 Å². The van der Waals surface area contributed by atoms with Crippen LogP contribution in [0.4, 0.5) is 11.4 Å². The molecule has 158 valence electrons. The lowest BCUT2D eigenvalue weighted by molar-refractivity contribution is -0.151. The van der Waals surface area contributed by atoms with Crippen molar-refractivity contribution in [1.29, 1.82) is 0 Å². The quantitative estimate of drug-likeness (QED) is 0.413. The second-order valence-electron chi connectivity index (χ2n) is 7.69. The van der Waals surface area contributed by atoms with Crippen LogP contribution in [-0.4, -0.2) is 49.8 Å². The molecule has 0 saturated carbocycles. The number of ketones is 1. The van der Waals surface area contributed by atoms with Gasteiger partial charge in [-0.05, 0) is 69.6 Å². The number of methoxy groups -OCH3 is 1. The van der Waals surface area contributed by atoms with Crippen LogP contribution in [0.15, 0.2) is 54.6 Å². The fourth-order valence-corrected chi connectivity index (χ4v) is 3.85. The molecule has 6 nitrogen and oxygen atoms in total. The molecule has 3 rings (SSSR count). The number of piperidine rings is 1. The number of benzene rings is 2. The van der Waals surface area contributed by atoms with Crippen molar-refractivity contribution >= 4 is 29.0 Å². The summed E-state index contributed by atoms with van der Waals surface area (Å²) in [5.41, 5.74) is 1.34. The molecule has 0 aromatic heterocycles. The fourth-order valence-electron chi connectivity index (χ4n) is 3.85. The number of hydrogen-bond acceptors (Lipinski definition) is 5. The number of carbonyl (C=O) groups excluding carboxylic acids is 3. The lowest BCUT2D eigenvalue weighted by atomic mass is 9.90. The molecule has 0 N–H and O–H groups in total. The smallest absolute Gasteiger partial charge is 0.397 e. The van der Waals surface area contributed by atoms with E-state index in [4.69, 9.17) is 0 Å². The summed E-state index contributed by atoms with van der Waals surface area (Å²) < 4.78 is 4.65. The highest BCUT2D eigenvalue weighted by Gasteiger charge is 2.29.